The van der Waals surface area contributed by atoms with Gasteiger partial charge in [0.1, 0.15) is 0 Å². The number of benzene rings is 1. The van der Waals surface area contributed by atoms with Gasteiger partial charge in [-0.25, -0.2) is 4.68 Å². The lowest BCUT2D eigenvalue weighted by atomic mass is 10.1. The molecule has 0 aliphatic carbocycles. The summed E-state index contributed by atoms with van der Waals surface area (Å²) in [7, 11) is 0. The molecular weight excluding hydrogens is 174 g/mol. The minimum atomic E-state index is 0.794. The van der Waals surface area contributed by atoms with Crippen LogP contribution in [0.25, 0.3) is 0 Å². The summed E-state index contributed by atoms with van der Waals surface area (Å²) >= 11 is 0. The van der Waals surface area contributed by atoms with Crippen LogP contribution in [-0.2, 0) is 6.54 Å². The highest BCUT2D eigenvalue weighted by Crippen LogP contribution is 2.05. The summed E-state index contributed by atoms with van der Waals surface area (Å²) in [5.74, 6) is 0. The maximum atomic E-state index is 4.01. The predicted molar refractivity (Wildman–Crippen MR) is 55.0 cm³/mol. The van der Waals surface area contributed by atoms with Gasteiger partial charge in [0.15, 0.2) is 0 Å². The van der Waals surface area contributed by atoms with E-state index in [0.29, 0.717) is 0 Å². The van der Waals surface area contributed by atoms with Gasteiger partial charge in [0, 0.05) is 6.20 Å². The zero-order chi connectivity index (χ0) is 9.97. The van der Waals surface area contributed by atoms with Gasteiger partial charge in [0.2, 0.25) is 0 Å². The first kappa shape index (κ1) is 8.94. The number of hydrogen-bond acceptors (Lipinski definition) is 2. The Labute approximate surface area is 83.4 Å². The summed E-state index contributed by atoms with van der Waals surface area (Å²) in [4.78, 5) is 0. The SMILES string of the molecule is Cc1cccc(Cn2cc(C)nn2)c1. The average Bonchev–Trinajstić information content (AvgIpc) is 2.51. The summed E-state index contributed by atoms with van der Waals surface area (Å²) in [6, 6.07) is 8.42. The van der Waals surface area contributed by atoms with E-state index in [9.17, 15) is 0 Å². The van der Waals surface area contributed by atoms with Crippen molar-refractivity contribution < 1.29 is 0 Å². The van der Waals surface area contributed by atoms with Crippen LogP contribution < -0.4 is 0 Å². The molecule has 0 saturated carbocycles. The third kappa shape index (κ3) is 1.99. The smallest absolute Gasteiger partial charge is 0.0796 e. The summed E-state index contributed by atoms with van der Waals surface area (Å²) in [6.45, 7) is 4.83. The van der Waals surface area contributed by atoms with Crippen molar-refractivity contribution >= 4 is 0 Å². The molecule has 3 nitrogen and oxygen atoms in total. The van der Waals surface area contributed by atoms with Crippen LogP contribution in [0.5, 0.6) is 0 Å². The molecule has 0 atom stereocenters. The largest absolute Gasteiger partial charge is 0.248 e. The van der Waals surface area contributed by atoms with Crippen molar-refractivity contribution in [2.24, 2.45) is 0 Å². The molecule has 0 aliphatic rings. The van der Waals surface area contributed by atoms with E-state index in [1.54, 1.807) is 0 Å². The van der Waals surface area contributed by atoms with Crippen molar-refractivity contribution in [1.82, 2.24) is 15.0 Å². The van der Waals surface area contributed by atoms with Gasteiger partial charge in [0.25, 0.3) is 0 Å². The van der Waals surface area contributed by atoms with E-state index in [1.807, 2.05) is 17.8 Å². The van der Waals surface area contributed by atoms with Crippen LogP contribution in [0.15, 0.2) is 30.5 Å². The Morgan fingerprint density at radius 3 is 2.79 bits per heavy atom. The third-order valence-electron chi connectivity index (χ3n) is 2.08. The van der Waals surface area contributed by atoms with Gasteiger partial charge in [-0.05, 0) is 19.4 Å². The van der Waals surface area contributed by atoms with Crippen molar-refractivity contribution in [3.8, 4) is 0 Å². The molecule has 14 heavy (non-hydrogen) atoms. The van der Waals surface area contributed by atoms with Crippen LogP contribution in [0.3, 0.4) is 0 Å². The van der Waals surface area contributed by atoms with Crippen LogP contribution >= 0.6 is 0 Å². The monoisotopic (exact) mass is 187 g/mol. The van der Waals surface area contributed by atoms with E-state index >= 15 is 0 Å². The number of hydrogen-bond donors (Lipinski definition) is 0. The third-order valence-corrected chi connectivity index (χ3v) is 2.08. The minimum absolute atomic E-state index is 0.794. The summed E-state index contributed by atoms with van der Waals surface area (Å²) in [5, 5.41) is 7.96. The standard InChI is InChI=1S/C11H13N3/c1-9-4-3-5-11(6-9)8-14-7-10(2)12-13-14/h3-7H,8H2,1-2H3. The van der Waals surface area contributed by atoms with Gasteiger partial charge < -0.3 is 0 Å². The Balaban J connectivity index is 2.18. The number of rotatable bonds is 2. The molecule has 2 aromatic rings. The number of aromatic nitrogens is 3. The molecule has 3 heteroatoms. The highest BCUT2D eigenvalue weighted by Gasteiger charge is 1.97. The van der Waals surface area contributed by atoms with Crippen molar-refractivity contribution in [3.63, 3.8) is 0 Å². The van der Waals surface area contributed by atoms with E-state index in [4.69, 9.17) is 0 Å². The first-order chi connectivity index (χ1) is 6.74. The van der Waals surface area contributed by atoms with Gasteiger partial charge >= 0.3 is 0 Å². The Bertz CT molecular complexity index is 432. The van der Waals surface area contributed by atoms with E-state index in [0.717, 1.165) is 12.2 Å². The van der Waals surface area contributed by atoms with Crippen LogP contribution in [0.2, 0.25) is 0 Å². The van der Waals surface area contributed by atoms with Crippen molar-refractivity contribution in [2.45, 2.75) is 20.4 Å². The fourth-order valence-corrected chi connectivity index (χ4v) is 1.47. The fourth-order valence-electron chi connectivity index (χ4n) is 1.47. The van der Waals surface area contributed by atoms with E-state index in [1.165, 1.54) is 11.1 Å². The second-order valence-corrected chi connectivity index (χ2v) is 3.55. The highest BCUT2D eigenvalue weighted by atomic mass is 15.4. The predicted octanol–water partition coefficient (Wildman–Crippen LogP) is 1.94. The molecule has 72 valence electrons. The molecular formula is C11H13N3. The Morgan fingerprint density at radius 1 is 1.29 bits per heavy atom. The van der Waals surface area contributed by atoms with Gasteiger partial charge in [-0.1, -0.05) is 35.0 Å². The molecule has 2 rings (SSSR count). The highest BCUT2D eigenvalue weighted by molar-refractivity contribution is 5.22. The molecule has 0 unspecified atom stereocenters. The molecule has 1 aromatic heterocycles. The van der Waals surface area contributed by atoms with Gasteiger partial charge in [-0.2, -0.15) is 0 Å². The zero-order valence-electron chi connectivity index (χ0n) is 8.44. The second-order valence-electron chi connectivity index (χ2n) is 3.55. The van der Waals surface area contributed by atoms with Crippen molar-refractivity contribution in [1.29, 1.82) is 0 Å². The topological polar surface area (TPSA) is 30.7 Å². The summed E-state index contributed by atoms with van der Waals surface area (Å²) in [6.07, 6.45) is 1.95. The zero-order valence-corrected chi connectivity index (χ0v) is 8.44. The maximum Gasteiger partial charge on any atom is 0.0796 e. The quantitative estimate of drug-likeness (QED) is 0.719. The molecule has 0 radical (unpaired) electrons. The molecule has 0 bridgehead atoms. The number of aryl methyl sites for hydroxylation is 2. The molecule has 0 aliphatic heterocycles. The normalized spacial score (nSPS) is 10.4. The second kappa shape index (κ2) is 3.62. The lowest BCUT2D eigenvalue weighted by molar-refractivity contribution is 0.649. The summed E-state index contributed by atoms with van der Waals surface area (Å²) < 4.78 is 1.85. The van der Waals surface area contributed by atoms with E-state index in [2.05, 4.69) is 41.5 Å². The Morgan fingerprint density at radius 2 is 2.14 bits per heavy atom. The Kier molecular flexibility index (Phi) is 2.31. The summed E-state index contributed by atoms with van der Waals surface area (Å²) in [5.41, 5.74) is 3.49. The lowest BCUT2D eigenvalue weighted by Crippen LogP contribution is -2.00. The minimum Gasteiger partial charge on any atom is -0.248 e. The van der Waals surface area contributed by atoms with Crippen LogP contribution in [0.4, 0.5) is 0 Å². The maximum absolute atomic E-state index is 4.01. The number of nitrogens with zero attached hydrogens (tertiary/aromatic N) is 3. The molecule has 0 amide bonds. The molecule has 0 fully saturated rings. The molecule has 0 N–H and O–H groups in total. The fraction of sp³-hybridized carbons (Fsp3) is 0.273. The van der Waals surface area contributed by atoms with E-state index < -0.39 is 0 Å². The van der Waals surface area contributed by atoms with E-state index in [-0.39, 0.29) is 0 Å². The lowest BCUT2D eigenvalue weighted by Gasteiger charge is -2.01. The first-order valence-corrected chi connectivity index (χ1v) is 4.66. The molecule has 0 saturated heterocycles. The van der Waals surface area contributed by atoms with Gasteiger partial charge in [-0.3, -0.25) is 0 Å². The van der Waals surface area contributed by atoms with Crippen LogP contribution in [-0.4, -0.2) is 15.0 Å². The van der Waals surface area contributed by atoms with Crippen LogP contribution in [0, 0.1) is 13.8 Å². The van der Waals surface area contributed by atoms with Gasteiger partial charge in [0.05, 0.1) is 12.2 Å². The van der Waals surface area contributed by atoms with Crippen molar-refractivity contribution in [2.75, 3.05) is 0 Å². The average molecular weight is 187 g/mol. The Hall–Kier alpha value is -1.64. The van der Waals surface area contributed by atoms with Crippen LogP contribution in [0.1, 0.15) is 16.8 Å². The molecule has 1 aromatic carbocycles. The van der Waals surface area contributed by atoms with Gasteiger partial charge in [-0.15, -0.1) is 5.10 Å². The first-order valence-electron chi connectivity index (χ1n) is 4.66. The molecule has 1 heterocycles. The molecule has 0 spiro atoms. The van der Waals surface area contributed by atoms with Crippen molar-refractivity contribution in [3.05, 3.63) is 47.3 Å².